The molecule has 56 valence electrons. The Balaban J connectivity index is 2.90. The SMILES string of the molecule is Cc1nc2c(C)cccc2[nH]1. The minimum atomic E-state index is 0.981. The largest absolute Gasteiger partial charge is 0.342 e. The number of fused-ring (bicyclic) bond motifs is 1. The number of benzene rings is 1. The Morgan fingerprint density at radius 1 is 1.27 bits per heavy atom. The van der Waals surface area contributed by atoms with Crippen molar-refractivity contribution in [3.63, 3.8) is 0 Å². The zero-order valence-corrected chi connectivity index (χ0v) is 6.68. The molecule has 2 nitrogen and oxygen atoms in total. The maximum absolute atomic E-state index is 4.36. The molecular weight excluding hydrogens is 136 g/mol. The number of imidazole rings is 1. The highest BCUT2D eigenvalue weighted by atomic mass is 14.9. The van der Waals surface area contributed by atoms with E-state index in [4.69, 9.17) is 0 Å². The standard InChI is InChI=1S/C9H10N2/c1-6-4-3-5-8-9(6)11-7(2)10-8/h3-5H,1-2H3,(H,10,11). The molecule has 0 unspecified atom stereocenters. The molecular formula is C9H10N2. The fourth-order valence-electron chi connectivity index (χ4n) is 1.30. The van der Waals surface area contributed by atoms with Crippen LogP contribution in [0.1, 0.15) is 11.4 Å². The topological polar surface area (TPSA) is 28.7 Å². The fraction of sp³-hybridized carbons (Fsp3) is 0.222. The number of aromatic amines is 1. The Bertz CT molecular complexity index is 387. The van der Waals surface area contributed by atoms with Gasteiger partial charge in [0.25, 0.3) is 0 Å². The van der Waals surface area contributed by atoms with Crippen LogP contribution < -0.4 is 0 Å². The molecule has 0 aliphatic carbocycles. The van der Waals surface area contributed by atoms with Gasteiger partial charge in [-0.2, -0.15) is 0 Å². The van der Waals surface area contributed by atoms with Gasteiger partial charge in [0.2, 0.25) is 0 Å². The molecule has 0 aliphatic heterocycles. The molecule has 0 radical (unpaired) electrons. The summed E-state index contributed by atoms with van der Waals surface area (Å²) in [5.41, 5.74) is 3.44. The molecule has 1 aromatic carbocycles. The number of aromatic nitrogens is 2. The molecule has 2 heteroatoms. The van der Waals surface area contributed by atoms with Gasteiger partial charge in [-0.25, -0.2) is 4.98 Å². The highest BCUT2D eigenvalue weighted by Crippen LogP contribution is 2.14. The lowest BCUT2D eigenvalue weighted by Gasteiger charge is -1.90. The summed E-state index contributed by atoms with van der Waals surface area (Å²) in [6.07, 6.45) is 0. The number of aryl methyl sites for hydroxylation is 2. The highest BCUT2D eigenvalue weighted by Gasteiger charge is 1.99. The molecule has 1 heterocycles. The first kappa shape index (κ1) is 6.40. The predicted molar refractivity (Wildman–Crippen MR) is 45.6 cm³/mol. The third-order valence-electron chi connectivity index (χ3n) is 1.83. The van der Waals surface area contributed by atoms with Crippen molar-refractivity contribution in [2.45, 2.75) is 13.8 Å². The fourth-order valence-corrected chi connectivity index (χ4v) is 1.30. The predicted octanol–water partition coefficient (Wildman–Crippen LogP) is 2.18. The van der Waals surface area contributed by atoms with Gasteiger partial charge < -0.3 is 4.98 Å². The Labute approximate surface area is 65.3 Å². The molecule has 0 spiro atoms. The summed E-state index contributed by atoms with van der Waals surface area (Å²) >= 11 is 0. The highest BCUT2D eigenvalue weighted by molar-refractivity contribution is 5.78. The van der Waals surface area contributed by atoms with E-state index in [0.29, 0.717) is 0 Å². The van der Waals surface area contributed by atoms with Crippen LogP contribution in [0.4, 0.5) is 0 Å². The van der Waals surface area contributed by atoms with E-state index in [1.54, 1.807) is 0 Å². The van der Waals surface area contributed by atoms with Crippen LogP contribution in [0.2, 0.25) is 0 Å². The summed E-state index contributed by atoms with van der Waals surface area (Å²) < 4.78 is 0. The first-order chi connectivity index (χ1) is 5.27. The van der Waals surface area contributed by atoms with Crippen molar-refractivity contribution in [1.82, 2.24) is 9.97 Å². The molecule has 2 rings (SSSR count). The van der Waals surface area contributed by atoms with E-state index in [0.717, 1.165) is 16.9 Å². The number of nitrogens with one attached hydrogen (secondary N) is 1. The lowest BCUT2D eigenvalue weighted by Crippen LogP contribution is -1.74. The smallest absolute Gasteiger partial charge is 0.104 e. The molecule has 0 amide bonds. The van der Waals surface area contributed by atoms with Gasteiger partial charge in [0.05, 0.1) is 11.0 Å². The van der Waals surface area contributed by atoms with Crippen LogP contribution in [0, 0.1) is 13.8 Å². The van der Waals surface area contributed by atoms with Crippen LogP contribution in [-0.2, 0) is 0 Å². The molecule has 1 aromatic heterocycles. The second-order valence-electron chi connectivity index (χ2n) is 2.79. The summed E-state index contributed by atoms with van der Waals surface area (Å²) in [6, 6.07) is 6.15. The summed E-state index contributed by atoms with van der Waals surface area (Å²) in [6.45, 7) is 4.04. The number of rotatable bonds is 0. The maximum Gasteiger partial charge on any atom is 0.104 e. The second kappa shape index (κ2) is 2.09. The minimum Gasteiger partial charge on any atom is -0.342 e. The molecule has 2 aromatic rings. The van der Waals surface area contributed by atoms with Crippen molar-refractivity contribution in [3.05, 3.63) is 29.6 Å². The molecule has 0 saturated carbocycles. The normalized spacial score (nSPS) is 10.7. The Kier molecular flexibility index (Phi) is 1.22. The quantitative estimate of drug-likeness (QED) is 0.606. The lowest BCUT2D eigenvalue weighted by molar-refractivity contribution is 1.17. The van der Waals surface area contributed by atoms with Gasteiger partial charge in [-0.1, -0.05) is 12.1 Å². The van der Waals surface area contributed by atoms with Crippen molar-refractivity contribution in [1.29, 1.82) is 0 Å². The van der Waals surface area contributed by atoms with E-state index in [-0.39, 0.29) is 0 Å². The summed E-state index contributed by atoms with van der Waals surface area (Å²) in [7, 11) is 0. The zero-order valence-electron chi connectivity index (χ0n) is 6.68. The van der Waals surface area contributed by atoms with E-state index >= 15 is 0 Å². The number of para-hydroxylation sites is 1. The third-order valence-corrected chi connectivity index (χ3v) is 1.83. The molecule has 0 bridgehead atoms. The molecule has 0 aliphatic rings. The number of H-pyrrole nitrogens is 1. The number of hydrogen-bond acceptors (Lipinski definition) is 1. The molecule has 0 fully saturated rings. The van der Waals surface area contributed by atoms with Crippen LogP contribution in [0.25, 0.3) is 11.0 Å². The summed E-state index contributed by atoms with van der Waals surface area (Å²) in [5, 5.41) is 0. The van der Waals surface area contributed by atoms with Crippen molar-refractivity contribution >= 4 is 11.0 Å². The molecule has 1 N–H and O–H groups in total. The molecule has 0 atom stereocenters. The van der Waals surface area contributed by atoms with Crippen LogP contribution in [0.3, 0.4) is 0 Å². The first-order valence-corrected chi connectivity index (χ1v) is 3.69. The first-order valence-electron chi connectivity index (χ1n) is 3.69. The molecule has 0 saturated heterocycles. The van der Waals surface area contributed by atoms with Gasteiger partial charge >= 0.3 is 0 Å². The number of hydrogen-bond donors (Lipinski definition) is 1. The van der Waals surface area contributed by atoms with Crippen LogP contribution in [0.15, 0.2) is 18.2 Å². The van der Waals surface area contributed by atoms with Crippen molar-refractivity contribution in [2.24, 2.45) is 0 Å². The molecule has 11 heavy (non-hydrogen) atoms. The van der Waals surface area contributed by atoms with Crippen molar-refractivity contribution < 1.29 is 0 Å². The Hall–Kier alpha value is -1.31. The Morgan fingerprint density at radius 2 is 2.09 bits per heavy atom. The van der Waals surface area contributed by atoms with Gasteiger partial charge in [0.15, 0.2) is 0 Å². The van der Waals surface area contributed by atoms with Crippen molar-refractivity contribution in [2.75, 3.05) is 0 Å². The van der Waals surface area contributed by atoms with Gasteiger partial charge in [-0.15, -0.1) is 0 Å². The minimum absolute atomic E-state index is 0.981. The van der Waals surface area contributed by atoms with Crippen LogP contribution in [-0.4, -0.2) is 9.97 Å². The van der Waals surface area contributed by atoms with E-state index in [2.05, 4.69) is 23.0 Å². The lowest BCUT2D eigenvalue weighted by atomic mass is 10.2. The van der Waals surface area contributed by atoms with Gasteiger partial charge in [-0.3, -0.25) is 0 Å². The van der Waals surface area contributed by atoms with E-state index in [1.165, 1.54) is 5.56 Å². The average molecular weight is 146 g/mol. The average Bonchev–Trinajstić information content (AvgIpc) is 2.31. The third kappa shape index (κ3) is 0.909. The Morgan fingerprint density at radius 3 is 2.82 bits per heavy atom. The van der Waals surface area contributed by atoms with Gasteiger partial charge in [0, 0.05) is 0 Å². The van der Waals surface area contributed by atoms with Crippen LogP contribution in [0.5, 0.6) is 0 Å². The van der Waals surface area contributed by atoms with Crippen LogP contribution >= 0.6 is 0 Å². The number of nitrogens with zero attached hydrogens (tertiary/aromatic N) is 1. The van der Waals surface area contributed by atoms with Gasteiger partial charge in [0.1, 0.15) is 5.82 Å². The maximum atomic E-state index is 4.36. The summed E-state index contributed by atoms with van der Waals surface area (Å²) in [5.74, 6) is 0.981. The van der Waals surface area contributed by atoms with E-state index in [9.17, 15) is 0 Å². The monoisotopic (exact) mass is 146 g/mol. The van der Waals surface area contributed by atoms with Gasteiger partial charge in [-0.05, 0) is 25.5 Å². The second-order valence-corrected chi connectivity index (χ2v) is 2.79. The van der Waals surface area contributed by atoms with E-state index < -0.39 is 0 Å². The van der Waals surface area contributed by atoms with Crippen molar-refractivity contribution in [3.8, 4) is 0 Å². The van der Waals surface area contributed by atoms with E-state index in [1.807, 2.05) is 19.1 Å². The zero-order chi connectivity index (χ0) is 7.84. The summed E-state index contributed by atoms with van der Waals surface area (Å²) in [4.78, 5) is 7.55.